The molecule has 3 aromatic rings. The molecule has 0 radical (unpaired) electrons. The van der Waals surface area contributed by atoms with Gasteiger partial charge in [-0.25, -0.2) is 4.98 Å². The molecule has 3 nitrogen and oxygen atoms in total. The van der Waals surface area contributed by atoms with E-state index in [1.165, 1.54) is 16.9 Å². The Balaban J connectivity index is 1.66. The molecule has 0 aliphatic heterocycles. The maximum absolute atomic E-state index is 12.5. The lowest BCUT2D eigenvalue weighted by Gasteiger charge is -2.16. The maximum atomic E-state index is 12.5. The Morgan fingerprint density at radius 2 is 1.88 bits per heavy atom. The fraction of sp³-hybridized carbons (Fsp3) is 0.158. The van der Waals surface area contributed by atoms with E-state index in [0.717, 1.165) is 17.0 Å². The molecule has 1 aromatic heterocycles. The number of thiazole rings is 1. The second-order valence-electron chi connectivity index (χ2n) is 5.58. The van der Waals surface area contributed by atoms with Crippen LogP contribution in [-0.4, -0.2) is 22.8 Å². The van der Waals surface area contributed by atoms with Crippen LogP contribution in [0.5, 0.6) is 0 Å². The van der Waals surface area contributed by atoms with E-state index in [0.29, 0.717) is 17.3 Å². The zero-order valence-corrected chi connectivity index (χ0v) is 14.8. The summed E-state index contributed by atoms with van der Waals surface area (Å²) in [6.07, 6.45) is 0.747. The van der Waals surface area contributed by atoms with Gasteiger partial charge in [0.05, 0.1) is 5.01 Å². The molecule has 0 saturated carbocycles. The standard InChI is InChI=1S/C19H17ClN2OS/c1-22(12-15-8-5-9-16(20)10-15)19(23)17-13-24-18(21-17)11-14-6-3-2-4-7-14/h2-10,13H,11-12H2,1H3. The minimum atomic E-state index is -0.0782. The summed E-state index contributed by atoms with van der Waals surface area (Å²) >= 11 is 7.51. The van der Waals surface area contributed by atoms with E-state index in [9.17, 15) is 4.79 Å². The van der Waals surface area contributed by atoms with Gasteiger partial charge in [0.1, 0.15) is 5.69 Å². The molecule has 0 N–H and O–H groups in total. The molecule has 24 heavy (non-hydrogen) atoms. The Morgan fingerprint density at radius 3 is 2.62 bits per heavy atom. The molecule has 122 valence electrons. The van der Waals surface area contributed by atoms with E-state index in [-0.39, 0.29) is 5.91 Å². The van der Waals surface area contributed by atoms with Crippen molar-refractivity contribution in [2.24, 2.45) is 0 Å². The van der Waals surface area contributed by atoms with Crippen LogP contribution in [0.3, 0.4) is 0 Å². The molecule has 3 rings (SSSR count). The average Bonchev–Trinajstić information content (AvgIpc) is 3.03. The van der Waals surface area contributed by atoms with Gasteiger partial charge in [-0.2, -0.15) is 0 Å². The molecule has 0 unspecified atom stereocenters. The van der Waals surface area contributed by atoms with Crippen LogP contribution in [-0.2, 0) is 13.0 Å². The SMILES string of the molecule is CN(Cc1cccc(Cl)c1)C(=O)c1csc(Cc2ccccc2)n1. The average molecular weight is 357 g/mol. The van der Waals surface area contributed by atoms with Gasteiger partial charge in [-0.1, -0.05) is 54.1 Å². The lowest BCUT2D eigenvalue weighted by Crippen LogP contribution is -2.26. The molecular formula is C19H17ClN2OS. The van der Waals surface area contributed by atoms with Gasteiger partial charge in [-0.3, -0.25) is 4.79 Å². The first kappa shape index (κ1) is 16.7. The summed E-state index contributed by atoms with van der Waals surface area (Å²) in [4.78, 5) is 18.7. The van der Waals surface area contributed by atoms with E-state index < -0.39 is 0 Å². The quantitative estimate of drug-likeness (QED) is 0.666. The Bertz CT molecular complexity index is 832. The number of rotatable bonds is 5. The molecule has 0 spiro atoms. The molecule has 1 amide bonds. The molecule has 0 bridgehead atoms. The third-order valence-corrected chi connectivity index (χ3v) is 4.71. The minimum absolute atomic E-state index is 0.0782. The number of hydrogen-bond donors (Lipinski definition) is 0. The molecule has 0 aliphatic rings. The maximum Gasteiger partial charge on any atom is 0.273 e. The van der Waals surface area contributed by atoms with Crippen molar-refractivity contribution in [2.45, 2.75) is 13.0 Å². The monoisotopic (exact) mass is 356 g/mol. The van der Waals surface area contributed by atoms with Crippen molar-refractivity contribution in [3.63, 3.8) is 0 Å². The molecule has 0 atom stereocenters. The summed E-state index contributed by atoms with van der Waals surface area (Å²) in [5.41, 5.74) is 2.69. The molecule has 0 saturated heterocycles. The van der Waals surface area contributed by atoms with Crippen molar-refractivity contribution in [1.29, 1.82) is 0 Å². The fourth-order valence-corrected chi connectivity index (χ4v) is 3.45. The largest absolute Gasteiger partial charge is 0.336 e. The number of nitrogens with zero attached hydrogens (tertiary/aromatic N) is 2. The van der Waals surface area contributed by atoms with Crippen molar-refractivity contribution in [3.05, 3.63) is 86.8 Å². The second kappa shape index (κ2) is 7.60. The number of hydrogen-bond acceptors (Lipinski definition) is 3. The molecule has 0 fully saturated rings. The highest BCUT2D eigenvalue weighted by atomic mass is 35.5. The van der Waals surface area contributed by atoms with Crippen LogP contribution in [0.4, 0.5) is 0 Å². The molecule has 0 aliphatic carbocycles. The first-order valence-electron chi connectivity index (χ1n) is 7.60. The van der Waals surface area contributed by atoms with Gasteiger partial charge in [0.25, 0.3) is 5.91 Å². The fourth-order valence-electron chi connectivity index (χ4n) is 2.44. The van der Waals surface area contributed by atoms with Crippen molar-refractivity contribution in [1.82, 2.24) is 9.88 Å². The van der Waals surface area contributed by atoms with Crippen LogP contribution >= 0.6 is 22.9 Å². The number of carbonyl (C=O) groups excluding carboxylic acids is 1. The van der Waals surface area contributed by atoms with Crippen LogP contribution < -0.4 is 0 Å². The van der Waals surface area contributed by atoms with Crippen molar-refractivity contribution in [3.8, 4) is 0 Å². The molecule has 5 heteroatoms. The number of carbonyl (C=O) groups is 1. The van der Waals surface area contributed by atoms with Crippen LogP contribution in [0.15, 0.2) is 60.0 Å². The highest BCUT2D eigenvalue weighted by Crippen LogP contribution is 2.17. The lowest BCUT2D eigenvalue weighted by atomic mass is 10.2. The van der Waals surface area contributed by atoms with Crippen LogP contribution in [0, 0.1) is 0 Å². The third kappa shape index (κ3) is 4.22. The predicted molar refractivity (Wildman–Crippen MR) is 98.6 cm³/mol. The van der Waals surface area contributed by atoms with Crippen LogP contribution in [0.1, 0.15) is 26.6 Å². The second-order valence-corrected chi connectivity index (χ2v) is 6.96. The van der Waals surface area contributed by atoms with Gasteiger partial charge in [0, 0.05) is 30.4 Å². The summed E-state index contributed by atoms with van der Waals surface area (Å²) in [6, 6.07) is 17.7. The van der Waals surface area contributed by atoms with Crippen molar-refractivity contribution < 1.29 is 4.79 Å². The zero-order valence-electron chi connectivity index (χ0n) is 13.3. The first-order chi connectivity index (χ1) is 11.6. The minimum Gasteiger partial charge on any atom is -0.336 e. The lowest BCUT2D eigenvalue weighted by molar-refractivity contribution is 0.0780. The molecular weight excluding hydrogens is 340 g/mol. The van der Waals surface area contributed by atoms with Gasteiger partial charge in [0.15, 0.2) is 0 Å². The number of halogens is 1. The smallest absolute Gasteiger partial charge is 0.273 e. The van der Waals surface area contributed by atoms with Gasteiger partial charge in [-0.05, 0) is 23.3 Å². The van der Waals surface area contributed by atoms with E-state index in [2.05, 4.69) is 17.1 Å². The van der Waals surface area contributed by atoms with Crippen LogP contribution in [0.25, 0.3) is 0 Å². The summed E-state index contributed by atoms with van der Waals surface area (Å²) in [5, 5.41) is 3.45. The first-order valence-corrected chi connectivity index (χ1v) is 8.86. The van der Waals surface area contributed by atoms with Crippen molar-refractivity contribution >= 4 is 28.8 Å². The van der Waals surface area contributed by atoms with E-state index in [1.54, 1.807) is 11.9 Å². The Labute approximate surface area is 150 Å². The topological polar surface area (TPSA) is 33.2 Å². The Hall–Kier alpha value is -2.17. The summed E-state index contributed by atoms with van der Waals surface area (Å²) in [6.45, 7) is 0.505. The van der Waals surface area contributed by atoms with E-state index in [1.807, 2.05) is 47.8 Å². The number of amides is 1. The zero-order chi connectivity index (χ0) is 16.9. The van der Waals surface area contributed by atoms with Gasteiger partial charge in [0.2, 0.25) is 0 Å². The van der Waals surface area contributed by atoms with Gasteiger partial charge in [-0.15, -0.1) is 11.3 Å². The summed E-state index contributed by atoms with van der Waals surface area (Å²) in [7, 11) is 1.78. The normalized spacial score (nSPS) is 10.6. The highest BCUT2D eigenvalue weighted by Gasteiger charge is 2.16. The third-order valence-electron chi connectivity index (χ3n) is 3.62. The van der Waals surface area contributed by atoms with Crippen molar-refractivity contribution in [2.75, 3.05) is 7.05 Å². The molecule has 1 heterocycles. The predicted octanol–water partition coefficient (Wildman–Crippen LogP) is 4.66. The van der Waals surface area contributed by atoms with Crippen LogP contribution in [0.2, 0.25) is 5.02 Å². The Kier molecular flexibility index (Phi) is 5.28. The number of aromatic nitrogens is 1. The van der Waals surface area contributed by atoms with Gasteiger partial charge >= 0.3 is 0 Å². The summed E-state index contributed by atoms with van der Waals surface area (Å²) in [5.74, 6) is -0.0782. The summed E-state index contributed by atoms with van der Waals surface area (Å²) < 4.78 is 0. The molecule has 2 aromatic carbocycles. The number of benzene rings is 2. The van der Waals surface area contributed by atoms with E-state index >= 15 is 0 Å². The van der Waals surface area contributed by atoms with Gasteiger partial charge < -0.3 is 4.90 Å². The highest BCUT2D eigenvalue weighted by molar-refractivity contribution is 7.09. The van der Waals surface area contributed by atoms with E-state index in [4.69, 9.17) is 11.6 Å². The Morgan fingerprint density at radius 1 is 1.12 bits per heavy atom.